The van der Waals surface area contributed by atoms with Crippen molar-refractivity contribution in [3.63, 3.8) is 0 Å². The summed E-state index contributed by atoms with van der Waals surface area (Å²) in [5.41, 5.74) is 1.10. The number of fused-ring (bicyclic) bond motifs is 1. The van der Waals surface area contributed by atoms with Crippen LogP contribution >= 0.6 is 0 Å². The number of hydrogen-bond donors (Lipinski definition) is 0. The van der Waals surface area contributed by atoms with Crippen LogP contribution < -0.4 is 0 Å². The number of carbonyl (C=O) groups excluding carboxylic acids is 1. The topological polar surface area (TPSA) is 20.3 Å². The van der Waals surface area contributed by atoms with Gasteiger partial charge in [0.15, 0.2) is 0 Å². The largest absolute Gasteiger partial charge is 0.316 e. The maximum Gasteiger partial charge on any atom is 0.232 e. The van der Waals surface area contributed by atoms with E-state index in [0.717, 1.165) is 25.8 Å². The number of carbonyl (C=O) groups is 1. The molecule has 2 rings (SSSR count). The fourth-order valence-electron chi connectivity index (χ4n) is 1.97. The minimum absolute atomic E-state index is 0.159. The van der Waals surface area contributed by atoms with Crippen molar-refractivity contribution < 1.29 is 4.79 Å². The molecule has 0 aromatic rings. The smallest absolute Gasteiger partial charge is 0.232 e. The van der Waals surface area contributed by atoms with Crippen LogP contribution in [0.4, 0.5) is 0 Å². The molecule has 2 aliphatic heterocycles. The summed E-state index contributed by atoms with van der Waals surface area (Å²) in [6, 6.07) is 0. The summed E-state index contributed by atoms with van der Waals surface area (Å²) in [6.45, 7) is 5.00. The number of allylic oxidation sites excluding steroid dienone is 2. The predicted octanol–water partition coefficient (Wildman–Crippen LogP) is 1.92. The van der Waals surface area contributed by atoms with Gasteiger partial charge in [-0.25, -0.2) is 0 Å². The summed E-state index contributed by atoms with van der Waals surface area (Å²) in [5.74, 6) is 0.317. The highest BCUT2D eigenvalue weighted by Gasteiger charge is 2.37. The molecule has 0 atom stereocenters. The molecular formula is C10H15NO. The molecule has 2 nitrogen and oxygen atoms in total. The van der Waals surface area contributed by atoms with Crippen LogP contribution in [0.5, 0.6) is 0 Å². The maximum absolute atomic E-state index is 11.8. The van der Waals surface area contributed by atoms with E-state index in [1.807, 2.05) is 18.7 Å². The summed E-state index contributed by atoms with van der Waals surface area (Å²) in [5, 5.41) is 0. The van der Waals surface area contributed by atoms with E-state index in [1.165, 1.54) is 5.70 Å². The summed E-state index contributed by atoms with van der Waals surface area (Å²) >= 11 is 0. The Morgan fingerprint density at radius 2 is 2.25 bits per heavy atom. The Morgan fingerprint density at radius 1 is 1.50 bits per heavy atom. The van der Waals surface area contributed by atoms with Gasteiger partial charge in [-0.15, -0.1) is 0 Å². The van der Waals surface area contributed by atoms with Crippen molar-refractivity contribution in [2.24, 2.45) is 5.41 Å². The second-order valence-corrected chi connectivity index (χ2v) is 4.34. The van der Waals surface area contributed by atoms with E-state index in [0.29, 0.717) is 5.91 Å². The zero-order valence-electron chi connectivity index (χ0n) is 7.76. The monoisotopic (exact) mass is 165 g/mol. The first-order chi connectivity index (χ1) is 5.61. The van der Waals surface area contributed by atoms with Crippen molar-refractivity contribution in [3.05, 3.63) is 11.8 Å². The Labute approximate surface area is 73.2 Å². The van der Waals surface area contributed by atoms with Gasteiger partial charge in [0.2, 0.25) is 5.91 Å². The third kappa shape index (κ3) is 0.977. The molecule has 0 saturated carbocycles. The Bertz CT molecular complexity index is 253. The summed E-state index contributed by atoms with van der Waals surface area (Å²) in [6.07, 6.45) is 5.39. The molecule has 1 amide bonds. The molecule has 2 heteroatoms. The number of rotatable bonds is 0. The number of hydrogen-bond acceptors (Lipinski definition) is 1. The molecule has 0 spiro atoms. The van der Waals surface area contributed by atoms with Gasteiger partial charge < -0.3 is 4.90 Å². The second kappa shape index (κ2) is 2.35. The third-order valence-corrected chi connectivity index (χ3v) is 2.83. The standard InChI is InChI=1S/C10H15NO/c1-10(2)6-5-8-4-3-7-11(8)9(10)12/h5H,3-4,6-7H2,1-2H3. The van der Waals surface area contributed by atoms with Gasteiger partial charge in [0.1, 0.15) is 0 Å². The van der Waals surface area contributed by atoms with Gasteiger partial charge in [0.05, 0.1) is 0 Å². The average molecular weight is 165 g/mol. The molecule has 66 valence electrons. The van der Waals surface area contributed by atoms with Gasteiger partial charge >= 0.3 is 0 Å². The van der Waals surface area contributed by atoms with Crippen LogP contribution in [0.3, 0.4) is 0 Å². The lowest BCUT2D eigenvalue weighted by molar-refractivity contribution is -0.138. The van der Waals surface area contributed by atoms with E-state index < -0.39 is 0 Å². The lowest BCUT2D eigenvalue weighted by Crippen LogP contribution is -2.40. The molecule has 0 bridgehead atoms. The fourth-order valence-corrected chi connectivity index (χ4v) is 1.97. The first-order valence-corrected chi connectivity index (χ1v) is 4.62. The predicted molar refractivity (Wildman–Crippen MR) is 47.4 cm³/mol. The lowest BCUT2D eigenvalue weighted by atomic mass is 9.85. The number of amides is 1. The first kappa shape index (κ1) is 7.84. The van der Waals surface area contributed by atoms with E-state index in [1.54, 1.807) is 0 Å². The highest BCUT2D eigenvalue weighted by atomic mass is 16.2. The summed E-state index contributed by atoms with van der Waals surface area (Å²) in [4.78, 5) is 13.8. The van der Waals surface area contributed by atoms with E-state index in [-0.39, 0.29) is 5.41 Å². The molecule has 12 heavy (non-hydrogen) atoms. The van der Waals surface area contributed by atoms with Crippen LogP contribution in [-0.2, 0) is 4.79 Å². The Hall–Kier alpha value is -0.790. The van der Waals surface area contributed by atoms with Crippen LogP contribution in [0.2, 0.25) is 0 Å². The molecule has 0 N–H and O–H groups in total. The molecule has 0 unspecified atom stereocenters. The fraction of sp³-hybridized carbons (Fsp3) is 0.700. The Balaban J connectivity index is 2.32. The average Bonchev–Trinajstić information content (AvgIpc) is 2.45. The van der Waals surface area contributed by atoms with Crippen LogP contribution in [0.15, 0.2) is 11.8 Å². The van der Waals surface area contributed by atoms with Crippen LogP contribution in [-0.4, -0.2) is 17.4 Å². The van der Waals surface area contributed by atoms with Crippen LogP contribution in [0.25, 0.3) is 0 Å². The van der Waals surface area contributed by atoms with Crippen molar-refractivity contribution in [3.8, 4) is 0 Å². The molecule has 0 radical (unpaired) electrons. The molecule has 2 heterocycles. The van der Waals surface area contributed by atoms with Gasteiger partial charge in [-0.3, -0.25) is 4.79 Å². The van der Waals surface area contributed by atoms with Gasteiger partial charge in [-0.05, 0) is 19.3 Å². The van der Waals surface area contributed by atoms with E-state index in [2.05, 4.69) is 6.08 Å². The van der Waals surface area contributed by atoms with Crippen molar-refractivity contribution in [1.82, 2.24) is 4.90 Å². The second-order valence-electron chi connectivity index (χ2n) is 4.34. The van der Waals surface area contributed by atoms with Gasteiger partial charge in [-0.1, -0.05) is 19.9 Å². The highest BCUT2D eigenvalue weighted by molar-refractivity contribution is 5.85. The lowest BCUT2D eigenvalue weighted by Gasteiger charge is -2.33. The molecule has 1 fully saturated rings. The zero-order valence-corrected chi connectivity index (χ0v) is 7.76. The first-order valence-electron chi connectivity index (χ1n) is 4.62. The Morgan fingerprint density at radius 3 is 3.00 bits per heavy atom. The van der Waals surface area contributed by atoms with Crippen molar-refractivity contribution in [1.29, 1.82) is 0 Å². The van der Waals surface area contributed by atoms with Gasteiger partial charge in [0.25, 0.3) is 0 Å². The molecule has 0 aromatic heterocycles. The van der Waals surface area contributed by atoms with E-state index >= 15 is 0 Å². The summed E-state index contributed by atoms with van der Waals surface area (Å²) < 4.78 is 0. The Kier molecular flexibility index (Phi) is 1.53. The minimum atomic E-state index is -0.159. The number of nitrogens with zero attached hydrogens (tertiary/aromatic N) is 1. The van der Waals surface area contributed by atoms with Crippen LogP contribution in [0.1, 0.15) is 33.1 Å². The molecular weight excluding hydrogens is 150 g/mol. The van der Waals surface area contributed by atoms with Crippen LogP contribution in [0, 0.1) is 5.41 Å². The van der Waals surface area contributed by atoms with Gasteiger partial charge in [-0.2, -0.15) is 0 Å². The van der Waals surface area contributed by atoms with Crippen molar-refractivity contribution in [2.45, 2.75) is 33.1 Å². The summed E-state index contributed by atoms with van der Waals surface area (Å²) in [7, 11) is 0. The molecule has 1 saturated heterocycles. The van der Waals surface area contributed by atoms with E-state index in [4.69, 9.17) is 0 Å². The quantitative estimate of drug-likeness (QED) is 0.537. The van der Waals surface area contributed by atoms with Crippen molar-refractivity contribution >= 4 is 5.91 Å². The van der Waals surface area contributed by atoms with E-state index in [9.17, 15) is 4.79 Å². The van der Waals surface area contributed by atoms with Crippen molar-refractivity contribution in [2.75, 3.05) is 6.54 Å². The molecule has 0 aliphatic carbocycles. The highest BCUT2D eigenvalue weighted by Crippen LogP contribution is 2.36. The SMILES string of the molecule is CC1(C)CC=C2CCCN2C1=O. The molecule has 2 aliphatic rings. The minimum Gasteiger partial charge on any atom is -0.316 e. The zero-order chi connectivity index (χ0) is 8.77. The third-order valence-electron chi connectivity index (χ3n) is 2.83. The van der Waals surface area contributed by atoms with Gasteiger partial charge in [0, 0.05) is 17.7 Å². The molecule has 0 aromatic carbocycles. The maximum atomic E-state index is 11.8. The normalized spacial score (nSPS) is 27.0.